The van der Waals surface area contributed by atoms with E-state index in [2.05, 4.69) is 94.1 Å². The molecule has 10 rings (SSSR count). The molecule has 0 fully saturated rings. The molecule has 6 heterocycles. The molecule has 2 nitrogen and oxygen atoms in total. The van der Waals surface area contributed by atoms with E-state index in [1.165, 1.54) is 74.4 Å². The van der Waals surface area contributed by atoms with Crippen LogP contribution in [0, 0.1) is 0 Å². The van der Waals surface area contributed by atoms with E-state index >= 15 is 0 Å². The Morgan fingerprint density at radius 1 is 0.529 bits per heavy atom. The Balaban J connectivity index is 1.49. The highest BCUT2D eigenvalue weighted by Gasteiger charge is 2.47. The van der Waals surface area contributed by atoms with Gasteiger partial charge in [0.25, 0.3) is 0 Å². The van der Waals surface area contributed by atoms with E-state index in [-0.39, 0.29) is 13.7 Å². The molecule has 4 aliphatic heterocycles. The molecule has 6 heteroatoms. The summed E-state index contributed by atoms with van der Waals surface area (Å²) in [6.07, 6.45) is 4.65. The van der Waals surface area contributed by atoms with E-state index in [4.69, 9.17) is 0 Å². The fourth-order valence-electron chi connectivity index (χ4n) is 7.02. The summed E-state index contributed by atoms with van der Waals surface area (Å²) < 4.78 is 5.12. The van der Waals surface area contributed by atoms with Gasteiger partial charge in [0.1, 0.15) is 0 Å². The number of aromatic nitrogens is 2. The maximum Gasteiger partial charge on any atom is 0.330 e. The highest BCUT2D eigenvalue weighted by molar-refractivity contribution is 8.01. The Bertz CT molecular complexity index is 1820. The van der Waals surface area contributed by atoms with Crippen molar-refractivity contribution in [3.8, 4) is 11.1 Å². The van der Waals surface area contributed by atoms with Gasteiger partial charge in [0.15, 0.2) is 0 Å². The minimum atomic E-state index is 0.236. The van der Waals surface area contributed by atoms with Crippen LogP contribution in [0.2, 0.25) is 0 Å². The zero-order valence-electron chi connectivity index (χ0n) is 17.9. The lowest BCUT2D eigenvalue weighted by atomic mass is 9.41. The van der Waals surface area contributed by atoms with Crippen LogP contribution in [0.5, 0.6) is 0 Å². The van der Waals surface area contributed by atoms with E-state index in [1.54, 1.807) is 0 Å². The molecule has 0 saturated carbocycles. The van der Waals surface area contributed by atoms with Crippen LogP contribution in [0.4, 0.5) is 0 Å². The van der Waals surface area contributed by atoms with E-state index in [9.17, 15) is 0 Å². The van der Waals surface area contributed by atoms with Crippen molar-refractivity contribution >= 4 is 80.9 Å². The zero-order chi connectivity index (χ0) is 21.7. The van der Waals surface area contributed by atoms with Crippen molar-refractivity contribution in [3.05, 3.63) is 85.2 Å². The molecule has 0 saturated heterocycles. The maximum absolute atomic E-state index is 2.56. The van der Waals surface area contributed by atoms with Crippen LogP contribution in [0.15, 0.2) is 105 Å². The first kappa shape index (κ1) is 17.3. The van der Waals surface area contributed by atoms with Gasteiger partial charge in [-0.1, -0.05) is 59.9 Å². The van der Waals surface area contributed by atoms with Crippen LogP contribution >= 0.6 is 23.5 Å². The predicted octanol–water partition coefficient (Wildman–Crippen LogP) is 4.13. The largest absolute Gasteiger partial charge is 0.382 e. The Morgan fingerprint density at radius 3 is 1.62 bits per heavy atom. The molecule has 0 aliphatic carbocycles. The summed E-state index contributed by atoms with van der Waals surface area (Å²) in [6.45, 7) is 0.471. The van der Waals surface area contributed by atoms with Crippen molar-refractivity contribution in [2.75, 3.05) is 0 Å². The Hall–Kier alpha value is -3.21. The number of nitrogens with zero attached hydrogens (tertiary/aromatic N) is 2. The van der Waals surface area contributed by atoms with Crippen LogP contribution in [-0.4, -0.2) is 22.7 Å². The lowest BCUT2D eigenvalue weighted by Gasteiger charge is -2.40. The van der Waals surface area contributed by atoms with Crippen molar-refractivity contribution < 1.29 is 0 Å². The molecule has 34 heavy (non-hydrogen) atoms. The highest BCUT2D eigenvalue weighted by atomic mass is 32.2. The smallest absolute Gasteiger partial charge is 0.330 e. The second-order valence-corrected chi connectivity index (χ2v) is 11.9. The van der Waals surface area contributed by atoms with Gasteiger partial charge >= 0.3 is 13.7 Å². The average molecular weight is 464 g/mol. The summed E-state index contributed by atoms with van der Waals surface area (Å²) >= 11 is 3.91. The van der Waals surface area contributed by atoms with Gasteiger partial charge in [0.05, 0.1) is 0 Å². The van der Waals surface area contributed by atoms with Crippen LogP contribution < -0.4 is 21.9 Å². The molecule has 0 N–H and O–H groups in total. The number of hydrogen-bond acceptors (Lipinski definition) is 2. The maximum atomic E-state index is 2.56. The monoisotopic (exact) mass is 464 g/mol. The van der Waals surface area contributed by atoms with E-state index in [0.29, 0.717) is 0 Å². The van der Waals surface area contributed by atoms with Crippen molar-refractivity contribution in [1.29, 1.82) is 0 Å². The predicted molar refractivity (Wildman–Crippen MR) is 145 cm³/mol. The first-order valence-corrected chi connectivity index (χ1v) is 13.4. The second-order valence-electron chi connectivity index (χ2n) is 9.73. The van der Waals surface area contributed by atoms with Gasteiger partial charge in [-0.05, 0) is 87.0 Å². The lowest BCUT2D eigenvalue weighted by Crippen LogP contribution is -2.61. The number of benzene rings is 4. The third-order valence-electron chi connectivity index (χ3n) is 8.23. The summed E-state index contributed by atoms with van der Waals surface area (Å²) in [6, 6.07) is 27.6. The highest BCUT2D eigenvalue weighted by Crippen LogP contribution is 2.47. The molecular weight excluding hydrogens is 450 g/mol. The molecular formula is C28H14B2N2S2. The molecule has 6 aromatic rings. The summed E-state index contributed by atoms with van der Waals surface area (Å²) in [5, 5.41) is 2.70. The molecule has 2 aromatic heterocycles. The van der Waals surface area contributed by atoms with E-state index < -0.39 is 0 Å². The van der Waals surface area contributed by atoms with Crippen LogP contribution in [0.3, 0.4) is 0 Å². The molecule has 4 aromatic carbocycles. The average Bonchev–Trinajstić information content (AvgIpc) is 3.50. The standard InChI is InChI=1S/C28H14B2N2S2/c1-3-7-19-17(5-1)29-25-21(33-19)14-22-26-23(25)24-27-15(9-11-31(27)29)13-16-10-12-32(28(16)24)30(26)18-6-2-4-8-20(18)34-22/h1-14H. The normalized spacial score (nSPS) is 15.3. The summed E-state index contributed by atoms with van der Waals surface area (Å²) in [7, 11) is 0. The van der Waals surface area contributed by atoms with Crippen molar-refractivity contribution in [2.24, 2.45) is 0 Å². The Morgan fingerprint density at radius 2 is 1.06 bits per heavy atom. The minimum Gasteiger partial charge on any atom is -0.382 e. The topological polar surface area (TPSA) is 9.86 Å². The number of hydrogen-bond donors (Lipinski definition) is 0. The zero-order valence-corrected chi connectivity index (χ0v) is 19.6. The van der Waals surface area contributed by atoms with Gasteiger partial charge in [-0.15, -0.1) is 0 Å². The molecule has 0 atom stereocenters. The molecule has 0 unspecified atom stereocenters. The summed E-state index contributed by atoms with van der Waals surface area (Å²) in [5.41, 5.74) is 11.6. The van der Waals surface area contributed by atoms with Crippen LogP contribution in [-0.2, 0) is 0 Å². The van der Waals surface area contributed by atoms with Crippen LogP contribution in [0.1, 0.15) is 0 Å². The van der Waals surface area contributed by atoms with Crippen molar-refractivity contribution in [1.82, 2.24) is 8.96 Å². The first-order valence-electron chi connectivity index (χ1n) is 11.8. The first-order chi connectivity index (χ1) is 16.9. The SMILES string of the molecule is c1ccc2c(c1)Sc1cc3c4c5c1B2n1ccc2cc6ccn(c6c-5c21)B4c1ccccc1S3. The van der Waals surface area contributed by atoms with Crippen LogP contribution in [0.25, 0.3) is 32.9 Å². The third kappa shape index (κ3) is 1.75. The third-order valence-corrected chi connectivity index (χ3v) is 10.5. The number of fused-ring (bicyclic) bond motifs is 6. The lowest BCUT2D eigenvalue weighted by molar-refractivity contribution is 1.20. The molecule has 154 valence electrons. The molecule has 4 aliphatic rings. The van der Waals surface area contributed by atoms with Gasteiger partial charge in [-0.2, -0.15) is 0 Å². The Kier molecular flexibility index (Phi) is 2.81. The van der Waals surface area contributed by atoms with E-state index in [0.717, 1.165) is 0 Å². The fraction of sp³-hybridized carbons (Fsp3) is 0. The molecule has 0 spiro atoms. The quantitative estimate of drug-likeness (QED) is 0.313. The number of rotatable bonds is 0. The Labute approximate surface area is 205 Å². The van der Waals surface area contributed by atoms with E-state index in [1.807, 2.05) is 23.5 Å². The van der Waals surface area contributed by atoms with Crippen molar-refractivity contribution in [3.63, 3.8) is 0 Å². The minimum absolute atomic E-state index is 0.236. The summed E-state index contributed by atoms with van der Waals surface area (Å²) in [4.78, 5) is 5.62. The second kappa shape index (κ2) is 5.54. The fourth-order valence-corrected chi connectivity index (χ4v) is 9.46. The van der Waals surface area contributed by atoms with Gasteiger partial charge in [-0.25, -0.2) is 0 Å². The molecule has 0 bridgehead atoms. The van der Waals surface area contributed by atoms with Crippen molar-refractivity contribution in [2.45, 2.75) is 19.6 Å². The van der Waals surface area contributed by atoms with Gasteiger partial charge in [0.2, 0.25) is 0 Å². The molecule has 0 radical (unpaired) electrons. The summed E-state index contributed by atoms with van der Waals surface area (Å²) in [5.74, 6) is 0. The van der Waals surface area contributed by atoms with Gasteiger partial charge in [0, 0.05) is 36.2 Å². The molecule has 0 amide bonds. The van der Waals surface area contributed by atoms with Gasteiger partial charge < -0.3 is 8.96 Å². The van der Waals surface area contributed by atoms with Gasteiger partial charge in [-0.3, -0.25) is 0 Å².